The molecule has 1 heterocycles. The van der Waals surface area contributed by atoms with Crippen LogP contribution in [0.25, 0.3) is 0 Å². The van der Waals surface area contributed by atoms with Gasteiger partial charge in [-0.25, -0.2) is 0 Å². The van der Waals surface area contributed by atoms with Gasteiger partial charge in [0.1, 0.15) is 5.75 Å². The van der Waals surface area contributed by atoms with Crippen molar-refractivity contribution in [1.82, 2.24) is 10.2 Å². The number of benzene rings is 1. The van der Waals surface area contributed by atoms with E-state index in [1.165, 1.54) is 11.1 Å². The van der Waals surface area contributed by atoms with Crippen LogP contribution in [0.1, 0.15) is 16.7 Å². The Hall–Kier alpha value is -0.770. The zero-order chi connectivity index (χ0) is 13.8. The summed E-state index contributed by atoms with van der Waals surface area (Å²) in [4.78, 5) is 2.51. The number of aryl methyl sites for hydroxylation is 1. The molecule has 19 heavy (non-hydrogen) atoms. The van der Waals surface area contributed by atoms with E-state index in [1.807, 2.05) is 6.07 Å². The third-order valence-electron chi connectivity index (χ3n) is 3.93. The first-order valence-corrected chi connectivity index (χ1v) is 7.27. The lowest BCUT2D eigenvalue weighted by atomic mass is 9.99. The molecule has 0 atom stereocenters. The fourth-order valence-corrected chi connectivity index (χ4v) is 2.94. The summed E-state index contributed by atoms with van der Waals surface area (Å²) in [6, 6.07) is 2.04. The van der Waals surface area contributed by atoms with Gasteiger partial charge in [0.25, 0.3) is 0 Å². The number of hydrogen-bond acceptors (Lipinski definition) is 3. The molecule has 0 aromatic heterocycles. The predicted molar refractivity (Wildman–Crippen MR) is 80.5 cm³/mol. The van der Waals surface area contributed by atoms with Gasteiger partial charge in [-0.2, -0.15) is 0 Å². The number of hydrogen-bond donors (Lipinski definition) is 1. The van der Waals surface area contributed by atoms with Crippen LogP contribution >= 0.6 is 11.6 Å². The minimum Gasteiger partial charge on any atom is -0.495 e. The number of nitrogens with zero attached hydrogens (tertiary/aromatic N) is 1. The van der Waals surface area contributed by atoms with Crippen LogP contribution in [0.3, 0.4) is 0 Å². The van der Waals surface area contributed by atoms with E-state index in [1.54, 1.807) is 7.11 Å². The molecule has 0 aliphatic carbocycles. The van der Waals surface area contributed by atoms with E-state index in [0.717, 1.165) is 55.5 Å². The largest absolute Gasteiger partial charge is 0.495 e. The van der Waals surface area contributed by atoms with Gasteiger partial charge in [0, 0.05) is 32.7 Å². The zero-order valence-corrected chi connectivity index (χ0v) is 12.8. The van der Waals surface area contributed by atoms with Gasteiger partial charge >= 0.3 is 0 Å². The first-order chi connectivity index (χ1) is 9.13. The van der Waals surface area contributed by atoms with Gasteiger partial charge in [0.05, 0.1) is 12.1 Å². The lowest BCUT2D eigenvalue weighted by molar-refractivity contribution is 0.243. The Morgan fingerprint density at radius 1 is 1.32 bits per heavy atom. The summed E-state index contributed by atoms with van der Waals surface area (Å²) in [7, 11) is 1.67. The van der Waals surface area contributed by atoms with Crippen molar-refractivity contribution in [1.29, 1.82) is 0 Å². The quantitative estimate of drug-likeness (QED) is 0.918. The molecule has 106 valence electrons. The van der Waals surface area contributed by atoms with Gasteiger partial charge in [0.15, 0.2) is 0 Å². The van der Waals surface area contributed by atoms with Crippen molar-refractivity contribution in [3.05, 3.63) is 27.8 Å². The molecule has 1 aromatic carbocycles. The third kappa shape index (κ3) is 3.41. The molecule has 1 saturated heterocycles. The molecule has 2 rings (SSSR count). The Morgan fingerprint density at radius 3 is 2.63 bits per heavy atom. The summed E-state index contributed by atoms with van der Waals surface area (Å²) in [5, 5.41) is 4.13. The van der Waals surface area contributed by atoms with Crippen LogP contribution in [0.5, 0.6) is 5.75 Å². The summed E-state index contributed by atoms with van der Waals surface area (Å²) in [6.45, 7) is 9.81. The van der Waals surface area contributed by atoms with E-state index in [4.69, 9.17) is 16.3 Å². The summed E-state index contributed by atoms with van der Waals surface area (Å²) >= 11 is 6.34. The Bertz CT molecular complexity index is 442. The Kier molecular flexibility index (Phi) is 5.08. The maximum Gasteiger partial charge on any atom is 0.138 e. The van der Waals surface area contributed by atoms with Crippen LogP contribution in [0, 0.1) is 13.8 Å². The highest BCUT2D eigenvalue weighted by Gasteiger charge is 2.14. The van der Waals surface area contributed by atoms with Gasteiger partial charge < -0.3 is 15.0 Å². The van der Waals surface area contributed by atoms with E-state index < -0.39 is 0 Å². The van der Waals surface area contributed by atoms with E-state index in [0.29, 0.717) is 0 Å². The molecular weight excluding hydrogens is 260 g/mol. The number of methoxy groups -OCH3 is 1. The summed E-state index contributed by atoms with van der Waals surface area (Å²) in [6.07, 6.45) is 1.06. The van der Waals surface area contributed by atoms with E-state index in [2.05, 4.69) is 24.1 Å². The maximum absolute atomic E-state index is 6.34. The molecule has 1 fully saturated rings. The average molecular weight is 283 g/mol. The molecule has 0 unspecified atom stereocenters. The fourth-order valence-electron chi connectivity index (χ4n) is 2.70. The zero-order valence-electron chi connectivity index (χ0n) is 12.1. The number of rotatable bonds is 4. The molecule has 0 radical (unpaired) electrons. The maximum atomic E-state index is 6.34. The molecule has 3 nitrogen and oxygen atoms in total. The molecule has 1 aliphatic heterocycles. The minimum absolute atomic E-state index is 0.753. The summed E-state index contributed by atoms with van der Waals surface area (Å²) in [5.41, 5.74) is 3.80. The van der Waals surface area contributed by atoms with Gasteiger partial charge in [-0.3, -0.25) is 0 Å². The highest BCUT2D eigenvalue weighted by Crippen LogP contribution is 2.32. The van der Waals surface area contributed by atoms with E-state index >= 15 is 0 Å². The minimum atomic E-state index is 0.753. The molecule has 1 aliphatic rings. The standard InChI is InChI=1S/C15H23ClN2O/c1-11-10-14(19-3)15(16)12(2)13(11)4-7-18-8-5-17-6-9-18/h10,17H,4-9H2,1-3H3. The smallest absolute Gasteiger partial charge is 0.138 e. The van der Waals surface area contributed by atoms with Crippen molar-refractivity contribution in [2.24, 2.45) is 0 Å². The van der Waals surface area contributed by atoms with Crippen LogP contribution in [0.15, 0.2) is 6.07 Å². The molecule has 0 saturated carbocycles. The number of nitrogens with one attached hydrogen (secondary N) is 1. The monoisotopic (exact) mass is 282 g/mol. The van der Waals surface area contributed by atoms with Gasteiger partial charge in [-0.05, 0) is 43.0 Å². The van der Waals surface area contributed by atoms with Crippen LogP contribution in [0.2, 0.25) is 5.02 Å². The normalized spacial score (nSPS) is 16.6. The Morgan fingerprint density at radius 2 is 2.00 bits per heavy atom. The van der Waals surface area contributed by atoms with Crippen LogP contribution in [-0.4, -0.2) is 44.7 Å². The topological polar surface area (TPSA) is 24.5 Å². The second-order valence-electron chi connectivity index (χ2n) is 5.15. The Balaban J connectivity index is 2.09. The Labute approximate surface area is 120 Å². The number of halogens is 1. The van der Waals surface area contributed by atoms with Gasteiger partial charge in [-0.1, -0.05) is 11.6 Å². The van der Waals surface area contributed by atoms with Crippen molar-refractivity contribution < 1.29 is 4.74 Å². The molecule has 0 amide bonds. The fraction of sp³-hybridized carbons (Fsp3) is 0.600. The second kappa shape index (κ2) is 6.60. The summed E-state index contributed by atoms with van der Waals surface area (Å²) < 4.78 is 5.31. The van der Waals surface area contributed by atoms with Crippen LogP contribution in [-0.2, 0) is 6.42 Å². The SMILES string of the molecule is COc1cc(C)c(CCN2CCNCC2)c(C)c1Cl. The van der Waals surface area contributed by atoms with E-state index in [-0.39, 0.29) is 0 Å². The van der Waals surface area contributed by atoms with Crippen molar-refractivity contribution in [3.63, 3.8) is 0 Å². The molecule has 0 spiro atoms. The summed E-state index contributed by atoms with van der Waals surface area (Å²) in [5.74, 6) is 0.780. The van der Waals surface area contributed by atoms with E-state index in [9.17, 15) is 0 Å². The molecule has 0 bridgehead atoms. The van der Waals surface area contributed by atoms with Crippen molar-refractivity contribution in [3.8, 4) is 5.75 Å². The molecule has 1 aromatic rings. The van der Waals surface area contributed by atoms with Crippen molar-refractivity contribution >= 4 is 11.6 Å². The van der Waals surface area contributed by atoms with Crippen LogP contribution < -0.4 is 10.1 Å². The lowest BCUT2D eigenvalue weighted by Crippen LogP contribution is -2.44. The third-order valence-corrected chi connectivity index (χ3v) is 4.40. The number of piperazine rings is 1. The molecule has 4 heteroatoms. The van der Waals surface area contributed by atoms with Gasteiger partial charge in [0.2, 0.25) is 0 Å². The average Bonchev–Trinajstić information content (AvgIpc) is 2.44. The van der Waals surface area contributed by atoms with Crippen molar-refractivity contribution in [2.45, 2.75) is 20.3 Å². The lowest BCUT2D eigenvalue weighted by Gasteiger charge is -2.27. The number of ether oxygens (including phenoxy) is 1. The molecular formula is C15H23ClN2O. The van der Waals surface area contributed by atoms with Gasteiger partial charge in [-0.15, -0.1) is 0 Å². The molecule has 1 N–H and O–H groups in total. The first-order valence-electron chi connectivity index (χ1n) is 6.89. The van der Waals surface area contributed by atoms with Crippen LogP contribution in [0.4, 0.5) is 0 Å². The predicted octanol–water partition coefficient (Wildman–Crippen LogP) is 2.41. The highest BCUT2D eigenvalue weighted by molar-refractivity contribution is 6.33. The van der Waals surface area contributed by atoms with Crippen molar-refractivity contribution in [2.75, 3.05) is 39.8 Å². The first kappa shape index (κ1) is 14.6. The highest BCUT2D eigenvalue weighted by atomic mass is 35.5. The second-order valence-corrected chi connectivity index (χ2v) is 5.53.